The number of aromatic nitrogens is 4. The minimum Gasteiger partial charge on any atom is -0.347 e. The molecule has 8 nitrogen and oxygen atoms in total. The van der Waals surface area contributed by atoms with Gasteiger partial charge in [-0.1, -0.05) is 51.1 Å². The van der Waals surface area contributed by atoms with E-state index >= 15 is 0 Å². The van der Waals surface area contributed by atoms with Gasteiger partial charge in [-0.15, -0.1) is 0 Å². The zero-order chi connectivity index (χ0) is 20.6. The summed E-state index contributed by atoms with van der Waals surface area (Å²) in [6.07, 6.45) is 1.47. The molecule has 0 radical (unpaired) electrons. The zero-order valence-electron chi connectivity index (χ0n) is 16.8. The molecule has 0 aliphatic heterocycles. The summed E-state index contributed by atoms with van der Waals surface area (Å²) in [5.41, 5.74) is 0.194. The molecule has 2 aromatic heterocycles. The van der Waals surface area contributed by atoms with Crippen molar-refractivity contribution in [3.05, 3.63) is 63.1 Å². The average molecular weight is 383 g/mol. The molecule has 1 atom stereocenters. The van der Waals surface area contributed by atoms with Crippen LogP contribution in [0, 0.1) is 5.41 Å². The van der Waals surface area contributed by atoms with E-state index in [1.807, 2.05) is 51.1 Å². The highest BCUT2D eigenvalue weighted by Gasteiger charge is 2.28. The highest BCUT2D eigenvalue weighted by atomic mass is 16.2. The molecule has 8 heteroatoms. The molecule has 0 spiro atoms. The lowest BCUT2D eigenvalue weighted by atomic mass is 9.82. The van der Waals surface area contributed by atoms with Crippen LogP contribution in [0.15, 0.2) is 46.2 Å². The molecule has 0 saturated heterocycles. The van der Waals surface area contributed by atoms with E-state index in [1.54, 1.807) is 11.6 Å². The number of rotatable bonds is 4. The molecule has 148 valence electrons. The summed E-state index contributed by atoms with van der Waals surface area (Å²) in [7, 11) is 3.21. The molecule has 0 aliphatic rings. The summed E-state index contributed by atoms with van der Waals surface area (Å²) < 4.78 is 3.78. The Labute approximate surface area is 162 Å². The predicted octanol–water partition coefficient (Wildman–Crippen LogP) is 1.34. The highest BCUT2D eigenvalue weighted by molar-refractivity contribution is 5.77. The number of amides is 1. The van der Waals surface area contributed by atoms with E-state index < -0.39 is 17.2 Å². The number of fused-ring (bicyclic) bond motifs is 1. The maximum absolute atomic E-state index is 12.8. The van der Waals surface area contributed by atoms with E-state index in [9.17, 15) is 14.4 Å². The fourth-order valence-electron chi connectivity index (χ4n) is 3.33. The van der Waals surface area contributed by atoms with Gasteiger partial charge < -0.3 is 9.88 Å². The zero-order valence-corrected chi connectivity index (χ0v) is 16.8. The molecule has 1 aromatic carbocycles. The molecular formula is C20H25N5O3. The first kappa shape index (κ1) is 19.6. The third kappa shape index (κ3) is 3.49. The van der Waals surface area contributed by atoms with Gasteiger partial charge in [0.2, 0.25) is 5.91 Å². The number of hydrogen-bond donors (Lipinski definition) is 1. The van der Waals surface area contributed by atoms with Crippen molar-refractivity contribution in [2.24, 2.45) is 19.5 Å². The molecule has 1 N–H and O–H groups in total. The van der Waals surface area contributed by atoms with E-state index in [0.29, 0.717) is 5.65 Å². The number of carbonyl (C=O) groups is 1. The van der Waals surface area contributed by atoms with Crippen LogP contribution in [0.1, 0.15) is 32.4 Å². The van der Waals surface area contributed by atoms with Crippen LogP contribution in [0.25, 0.3) is 11.2 Å². The topological polar surface area (TPSA) is 90.9 Å². The van der Waals surface area contributed by atoms with Gasteiger partial charge in [-0.25, -0.2) is 14.3 Å². The maximum atomic E-state index is 12.8. The lowest BCUT2D eigenvalue weighted by Crippen LogP contribution is -2.45. The second-order valence-electron chi connectivity index (χ2n) is 8.04. The Morgan fingerprint density at radius 3 is 2.39 bits per heavy atom. The minimum atomic E-state index is -0.571. The van der Waals surface area contributed by atoms with Crippen LogP contribution < -0.4 is 16.6 Å². The Bertz CT molecular complexity index is 1130. The number of carbonyl (C=O) groups excluding carboxylic acids is 1. The second-order valence-corrected chi connectivity index (χ2v) is 8.04. The van der Waals surface area contributed by atoms with Crippen LogP contribution in [-0.2, 0) is 25.4 Å². The SMILES string of the molecule is Cn1cnc2c1c(=O)n(CC(=O)NC(c1ccccc1)C(C)(C)C)c(=O)n2C. The van der Waals surface area contributed by atoms with E-state index in [1.165, 1.54) is 17.9 Å². The number of hydrogen-bond acceptors (Lipinski definition) is 4. The molecule has 0 saturated carbocycles. The lowest BCUT2D eigenvalue weighted by Gasteiger charge is -2.32. The number of imidazole rings is 1. The van der Waals surface area contributed by atoms with Gasteiger partial charge in [0.15, 0.2) is 11.2 Å². The second kappa shape index (κ2) is 7.10. The summed E-state index contributed by atoms with van der Waals surface area (Å²) in [4.78, 5) is 42.2. The van der Waals surface area contributed by atoms with Gasteiger partial charge >= 0.3 is 5.69 Å². The summed E-state index contributed by atoms with van der Waals surface area (Å²) >= 11 is 0. The van der Waals surface area contributed by atoms with Crippen molar-refractivity contribution >= 4 is 17.1 Å². The van der Waals surface area contributed by atoms with Gasteiger partial charge in [-0.3, -0.25) is 14.2 Å². The smallest absolute Gasteiger partial charge is 0.332 e. The van der Waals surface area contributed by atoms with Crippen molar-refractivity contribution in [1.29, 1.82) is 0 Å². The summed E-state index contributed by atoms with van der Waals surface area (Å²) in [5, 5.41) is 2.98. The van der Waals surface area contributed by atoms with Crippen molar-refractivity contribution in [3.63, 3.8) is 0 Å². The maximum Gasteiger partial charge on any atom is 0.332 e. The first-order valence-electron chi connectivity index (χ1n) is 9.06. The standard InChI is InChI=1S/C20H25N5O3/c1-20(2,3)16(13-9-7-6-8-10-13)22-14(26)11-25-18(27)15-17(21-12-23(15)4)24(5)19(25)28/h6-10,12,16H,11H2,1-5H3,(H,22,26). The average Bonchev–Trinajstić information content (AvgIpc) is 3.03. The number of nitrogens with one attached hydrogen (secondary N) is 1. The number of nitrogens with zero attached hydrogens (tertiary/aromatic N) is 4. The van der Waals surface area contributed by atoms with E-state index in [0.717, 1.165) is 10.1 Å². The quantitative estimate of drug-likeness (QED) is 0.736. The Balaban J connectivity index is 1.96. The fourth-order valence-corrected chi connectivity index (χ4v) is 3.33. The van der Waals surface area contributed by atoms with E-state index in [4.69, 9.17) is 0 Å². The third-order valence-corrected chi connectivity index (χ3v) is 4.81. The van der Waals surface area contributed by atoms with Crippen LogP contribution in [-0.4, -0.2) is 24.6 Å². The third-order valence-electron chi connectivity index (χ3n) is 4.81. The molecule has 2 heterocycles. The van der Waals surface area contributed by atoms with Gasteiger partial charge in [0.05, 0.1) is 12.4 Å². The molecule has 0 fully saturated rings. The minimum absolute atomic E-state index is 0.251. The van der Waals surface area contributed by atoms with Crippen molar-refractivity contribution in [3.8, 4) is 0 Å². The Morgan fingerprint density at radius 2 is 1.79 bits per heavy atom. The molecule has 3 rings (SSSR count). The molecule has 1 unspecified atom stereocenters. The van der Waals surface area contributed by atoms with Gasteiger partial charge in [0.25, 0.3) is 5.56 Å². The first-order valence-corrected chi connectivity index (χ1v) is 9.06. The van der Waals surface area contributed by atoms with Crippen molar-refractivity contribution < 1.29 is 4.79 Å². The predicted molar refractivity (Wildman–Crippen MR) is 107 cm³/mol. The summed E-state index contributed by atoms with van der Waals surface area (Å²) in [6, 6.07) is 9.37. The van der Waals surface area contributed by atoms with Gasteiger partial charge in [-0.05, 0) is 11.0 Å². The van der Waals surface area contributed by atoms with Gasteiger partial charge in [-0.2, -0.15) is 0 Å². The normalized spacial score (nSPS) is 12.9. The summed E-state index contributed by atoms with van der Waals surface area (Å²) in [6.45, 7) is 5.72. The highest BCUT2D eigenvalue weighted by Crippen LogP contribution is 2.32. The lowest BCUT2D eigenvalue weighted by molar-refractivity contribution is -0.123. The Kier molecular flexibility index (Phi) is 4.97. The van der Waals surface area contributed by atoms with Crippen LogP contribution in [0.4, 0.5) is 0 Å². The van der Waals surface area contributed by atoms with E-state index in [-0.39, 0.29) is 23.5 Å². The van der Waals surface area contributed by atoms with E-state index in [2.05, 4.69) is 10.3 Å². The van der Waals surface area contributed by atoms with Crippen LogP contribution in [0.5, 0.6) is 0 Å². The molecule has 1 amide bonds. The molecular weight excluding hydrogens is 358 g/mol. The van der Waals surface area contributed by atoms with Crippen LogP contribution in [0.3, 0.4) is 0 Å². The first-order chi connectivity index (χ1) is 13.1. The van der Waals surface area contributed by atoms with Gasteiger partial charge in [0, 0.05) is 14.1 Å². The monoisotopic (exact) mass is 383 g/mol. The number of aryl methyl sites for hydroxylation is 2. The van der Waals surface area contributed by atoms with Crippen LogP contribution in [0.2, 0.25) is 0 Å². The largest absolute Gasteiger partial charge is 0.347 e. The molecule has 0 aliphatic carbocycles. The van der Waals surface area contributed by atoms with Crippen LogP contribution >= 0.6 is 0 Å². The molecule has 28 heavy (non-hydrogen) atoms. The fraction of sp³-hybridized carbons (Fsp3) is 0.400. The van der Waals surface area contributed by atoms with Crippen molar-refractivity contribution in [1.82, 2.24) is 24.0 Å². The molecule has 0 bridgehead atoms. The Hall–Kier alpha value is -3.16. The van der Waals surface area contributed by atoms with Gasteiger partial charge in [0.1, 0.15) is 6.54 Å². The summed E-state index contributed by atoms with van der Waals surface area (Å²) in [5.74, 6) is -0.399. The molecule has 3 aromatic rings. The number of benzene rings is 1. The van der Waals surface area contributed by atoms with Crippen molar-refractivity contribution in [2.45, 2.75) is 33.4 Å². The van der Waals surface area contributed by atoms with Crippen molar-refractivity contribution in [2.75, 3.05) is 0 Å². The Morgan fingerprint density at radius 1 is 1.14 bits per heavy atom.